The molecule has 0 spiro atoms. The van der Waals surface area contributed by atoms with Gasteiger partial charge in [0.25, 0.3) is 0 Å². The third-order valence-electron chi connectivity index (χ3n) is 6.40. The molecule has 0 aliphatic carbocycles. The van der Waals surface area contributed by atoms with Crippen molar-refractivity contribution < 1.29 is 58.8 Å². The van der Waals surface area contributed by atoms with E-state index >= 15 is 0 Å². The van der Waals surface area contributed by atoms with Gasteiger partial charge in [0.1, 0.15) is 36.3 Å². The number of carbonyl (C=O) groups is 8. The molecule has 20 nitrogen and oxygen atoms in total. The fourth-order valence-electron chi connectivity index (χ4n) is 3.79. The summed E-state index contributed by atoms with van der Waals surface area (Å²) in [5.74, 6) is -9.44. The molecular weight excluding hydrogens is 680 g/mol. The summed E-state index contributed by atoms with van der Waals surface area (Å²) < 4.78 is 0. The van der Waals surface area contributed by atoms with Crippen LogP contribution in [0.25, 0.3) is 0 Å². The van der Waals surface area contributed by atoms with E-state index in [2.05, 4.69) is 57.2 Å². The molecule has 0 aromatic heterocycles. The molecule has 8 atom stereocenters. The summed E-state index contributed by atoms with van der Waals surface area (Å²) in [6.07, 6.45) is -2.39. The molecule has 14 N–H and O–H groups in total. The van der Waals surface area contributed by atoms with Crippen molar-refractivity contribution >= 4 is 72.6 Å². The van der Waals surface area contributed by atoms with Gasteiger partial charge in [-0.15, -0.1) is 0 Å². The third kappa shape index (κ3) is 15.5. The molecule has 0 aromatic carbocycles. The van der Waals surface area contributed by atoms with Crippen LogP contribution in [0.4, 0.5) is 0 Å². The van der Waals surface area contributed by atoms with Gasteiger partial charge in [0.15, 0.2) is 0 Å². The Balaban J connectivity index is 5.92. The number of carboxylic acids is 1. The molecule has 48 heavy (non-hydrogen) atoms. The van der Waals surface area contributed by atoms with Gasteiger partial charge in [0, 0.05) is 11.5 Å². The van der Waals surface area contributed by atoms with Crippen LogP contribution in [0.2, 0.25) is 0 Å². The summed E-state index contributed by atoms with van der Waals surface area (Å²) in [6.45, 7) is 2.54. The van der Waals surface area contributed by atoms with Gasteiger partial charge in [-0.1, -0.05) is 13.8 Å². The van der Waals surface area contributed by atoms with Crippen molar-refractivity contribution in [3.63, 3.8) is 0 Å². The minimum atomic E-state index is -1.74. The Labute approximate surface area is 287 Å². The normalized spacial score (nSPS) is 16.0. The first kappa shape index (κ1) is 44.3. The summed E-state index contributed by atoms with van der Waals surface area (Å²) in [7, 11) is 0. The summed E-state index contributed by atoms with van der Waals surface area (Å²) in [5.41, 5.74) is 10.8. The second-order valence-corrected chi connectivity index (χ2v) is 11.7. The van der Waals surface area contributed by atoms with E-state index in [1.807, 2.05) is 0 Å². The van der Waals surface area contributed by atoms with Gasteiger partial charge in [-0.2, -0.15) is 25.3 Å². The number of nitrogens with one attached hydrogen (secondary N) is 6. The lowest BCUT2D eigenvalue weighted by Crippen LogP contribution is -2.62. The largest absolute Gasteiger partial charge is 0.480 e. The van der Waals surface area contributed by atoms with Crippen LogP contribution in [-0.2, 0) is 38.4 Å². The smallest absolute Gasteiger partial charge is 0.327 e. The van der Waals surface area contributed by atoms with E-state index in [0.29, 0.717) is 0 Å². The highest BCUT2D eigenvalue weighted by Gasteiger charge is 2.35. The van der Waals surface area contributed by atoms with Crippen LogP contribution in [0.3, 0.4) is 0 Å². The van der Waals surface area contributed by atoms with Crippen molar-refractivity contribution in [2.45, 2.75) is 82.0 Å². The number of thiol groups is 2. The van der Waals surface area contributed by atoms with Gasteiger partial charge in [0.05, 0.1) is 31.8 Å². The van der Waals surface area contributed by atoms with E-state index in [1.165, 1.54) is 0 Å². The predicted molar refractivity (Wildman–Crippen MR) is 174 cm³/mol. The fourth-order valence-corrected chi connectivity index (χ4v) is 4.20. The Kier molecular flexibility index (Phi) is 20.3. The number of nitrogens with two attached hydrogens (primary N) is 2. The van der Waals surface area contributed by atoms with Gasteiger partial charge in [-0.05, 0) is 19.3 Å². The molecule has 0 aliphatic rings. The second kappa shape index (κ2) is 22.0. The first-order valence-corrected chi connectivity index (χ1v) is 15.8. The standard InChI is InChI=1S/C26H46N8O12S2/c1-10(2)4-13(29-22(41)14(5-18(28)38)30-23(42)15(6-35)31-20(39)12(27)8-47)21(40)32-16(7-36)24(43)34-19(11(3)37)25(44)33-17(9-48)26(45)46/h10-17,19,35-37,47-48H,4-9,27H2,1-3H3,(H2,28,38)(H,29,41)(H,30,42)(H,31,39)(H,32,40)(H,33,44)(H,34,43)(H,45,46). The quantitative estimate of drug-likeness (QED) is 0.0462. The minimum Gasteiger partial charge on any atom is -0.480 e. The van der Waals surface area contributed by atoms with Crippen LogP contribution in [0, 0.1) is 5.92 Å². The number of hydrogen-bond donors (Lipinski definition) is 14. The van der Waals surface area contributed by atoms with E-state index in [9.17, 15) is 53.7 Å². The van der Waals surface area contributed by atoms with Gasteiger partial charge < -0.3 is 63.8 Å². The maximum absolute atomic E-state index is 13.2. The number of aliphatic hydroxyl groups is 3. The first-order chi connectivity index (χ1) is 22.3. The lowest BCUT2D eigenvalue weighted by Gasteiger charge is -2.27. The van der Waals surface area contributed by atoms with Crippen molar-refractivity contribution in [2.75, 3.05) is 24.7 Å². The number of amides is 7. The highest BCUT2D eigenvalue weighted by molar-refractivity contribution is 7.80. The van der Waals surface area contributed by atoms with E-state index < -0.39 is 115 Å². The average molecular weight is 727 g/mol. The zero-order valence-electron chi connectivity index (χ0n) is 26.5. The third-order valence-corrected chi connectivity index (χ3v) is 7.16. The van der Waals surface area contributed by atoms with Crippen LogP contribution < -0.4 is 43.4 Å². The van der Waals surface area contributed by atoms with Gasteiger partial charge in [0.2, 0.25) is 41.4 Å². The summed E-state index contributed by atoms with van der Waals surface area (Å²) in [6, 6.07) is -10.8. The Morgan fingerprint density at radius 2 is 1.04 bits per heavy atom. The molecule has 0 radical (unpaired) electrons. The number of primary amides is 1. The van der Waals surface area contributed by atoms with Crippen LogP contribution in [0.1, 0.15) is 33.6 Å². The van der Waals surface area contributed by atoms with Crippen LogP contribution >= 0.6 is 25.3 Å². The zero-order valence-corrected chi connectivity index (χ0v) is 28.3. The molecule has 0 rings (SSSR count). The van der Waals surface area contributed by atoms with Crippen LogP contribution in [0.5, 0.6) is 0 Å². The molecule has 0 heterocycles. The Hall–Kier alpha value is -3.70. The molecule has 0 bridgehead atoms. The van der Waals surface area contributed by atoms with E-state index in [-0.39, 0.29) is 23.8 Å². The number of carbonyl (C=O) groups excluding carboxylic acids is 7. The summed E-state index contributed by atoms with van der Waals surface area (Å²) in [4.78, 5) is 99.7. The number of carboxylic acid groups (broad SMARTS) is 1. The van der Waals surface area contributed by atoms with Crippen molar-refractivity contribution in [1.29, 1.82) is 0 Å². The van der Waals surface area contributed by atoms with Crippen molar-refractivity contribution in [1.82, 2.24) is 31.9 Å². The SMILES string of the molecule is CC(C)CC(NC(=O)C(CC(N)=O)NC(=O)C(CO)NC(=O)C(N)CS)C(=O)NC(CO)C(=O)NC(C(=O)NC(CS)C(=O)O)C(C)O. The fraction of sp³-hybridized carbons (Fsp3) is 0.692. The van der Waals surface area contributed by atoms with Crippen LogP contribution in [-0.4, -0.2) is 141 Å². The highest BCUT2D eigenvalue weighted by Crippen LogP contribution is 2.08. The molecule has 7 amide bonds. The molecule has 0 aliphatic heterocycles. The summed E-state index contributed by atoms with van der Waals surface area (Å²) in [5, 5.41) is 51.7. The molecular formula is C26H46N8O12S2. The summed E-state index contributed by atoms with van der Waals surface area (Å²) >= 11 is 7.69. The zero-order chi connectivity index (χ0) is 37.3. The predicted octanol–water partition coefficient (Wildman–Crippen LogP) is -6.55. The molecule has 274 valence electrons. The molecule has 0 saturated heterocycles. The second-order valence-electron chi connectivity index (χ2n) is 11.0. The van der Waals surface area contributed by atoms with Gasteiger partial charge in [-0.25, -0.2) is 4.79 Å². The number of hydrogen-bond acceptors (Lipinski definition) is 14. The number of rotatable bonds is 22. The van der Waals surface area contributed by atoms with Crippen LogP contribution in [0.15, 0.2) is 0 Å². The minimum absolute atomic E-state index is 0.0650. The first-order valence-electron chi connectivity index (χ1n) is 14.5. The van der Waals surface area contributed by atoms with Gasteiger partial charge in [-0.3, -0.25) is 33.6 Å². The monoisotopic (exact) mass is 726 g/mol. The molecule has 0 aromatic rings. The van der Waals surface area contributed by atoms with E-state index in [0.717, 1.165) is 6.92 Å². The van der Waals surface area contributed by atoms with Crippen molar-refractivity contribution in [2.24, 2.45) is 17.4 Å². The topological polar surface area (TPSA) is 342 Å². The van der Waals surface area contributed by atoms with Crippen molar-refractivity contribution in [3.8, 4) is 0 Å². The molecule has 22 heteroatoms. The lowest BCUT2D eigenvalue weighted by atomic mass is 10.0. The number of aliphatic hydroxyl groups excluding tert-OH is 3. The average Bonchev–Trinajstić information content (AvgIpc) is 3.01. The van der Waals surface area contributed by atoms with Crippen molar-refractivity contribution in [3.05, 3.63) is 0 Å². The Morgan fingerprint density at radius 1 is 0.625 bits per heavy atom. The van der Waals surface area contributed by atoms with E-state index in [1.54, 1.807) is 13.8 Å². The highest BCUT2D eigenvalue weighted by atomic mass is 32.1. The maximum atomic E-state index is 13.2. The Bertz CT molecular complexity index is 1160. The molecule has 0 fully saturated rings. The van der Waals surface area contributed by atoms with E-state index in [4.69, 9.17) is 16.6 Å². The number of aliphatic carboxylic acids is 1. The maximum Gasteiger partial charge on any atom is 0.327 e. The molecule has 8 unspecified atom stereocenters. The lowest BCUT2D eigenvalue weighted by molar-refractivity contribution is -0.142. The molecule has 0 saturated carbocycles. The Morgan fingerprint density at radius 3 is 1.46 bits per heavy atom. The van der Waals surface area contributed by atoms with Gasteiger partial charge >= 0.3 is 5.97 Å².